The van der Waals surface area contributed by atoms with Gasteiger partial charge in [-0.3, -0.25) is 13.9 Å². The molecule has 1 atom stereocenters. The van der Waals surface area contributed by atoms with Crippen LogP contribution in [0, 0.1) is 6.92 Å². The molecule has 3 aromatic carbocycles. The Balaban J connectivity index is 1.67. The molecule has 0 saturated heterocycles. The molecule has 0 spiro atoms. The first-order valence-electron chi connectivity index (χ1n) is 13.1. The van der Waals surface area contributed by atoms with Crippen molar-refractivity contribution in [2.75, 3.05) is 10.8 Å². The van der Waals surface area contributed by atoms with Crippen molar-refractivity contribution in [3.05, 3.63) is 94.5 Å². The summed E-state index contributed by atoms with van der Waals surface area (Å²) in [6.07, 6.45) is 4.00. The van der Waals surface area contributed by atoms with Crippen LogP contribution in [0.3, 0.4) is 0 Å². The molecule has 9 heteroatoms. The number of rotatable bonds is 10. The van der Waals surface area contributed by atoms with Gasteiger partial charge in [0, 0.05) is 17.1 Å². The second-order valence-electron chi connectivity index (χ2n) is 9.98. The molecule has 0 heterocycles. The van der Waals surface area contributed by atoms with Gasteiger partial charge in [0.15, 0.2) is 0 Å². The van der Waals surface area contributed by atoms with E-state index in [1.165, 1.54) is 17.0 Å². The number of benzene rings is 3. The van der Waals surface area contributed by atoms with Crippen LogP contribution >= 0.6 is 15.9 Å². The maximum absolute atomic E-state index is 14.0. The second kappa shape index (κ2) is 12.8. The predicted molar refractivity (Wildman–Crippen MR) is 157 cm³/mol. The third kappa shape index (κ3) is 7.28. The summed E-state index contributed by atoms with van der Waals surface area (Å²) in [4.78, 5) is 28.8. The summed E-state index contributed by atoms with van der Waals surface area (Å²) in [5, 5.41) is 3.09. The number of nitrogens with zero attached hydrogens (tertiary/aromatic N) is 2. The summed E-state index contributed by atoms with van der Waals surface area (Å²) >= 11 is 3.39. The van der Waals surface area contributed by atoms with Crippen molar-refractivity contribution in [2.24, 2.45) is 0 Å². The topological polar surface area (TPSA) is 86.8 Å². The van der Waals surface area contributed by atoms with Gasteiger partial charge in [0.05, 0.1) is 10.6 Å². The Labute approximate surface area is 239 Å². The van der Waals surface area contributed by atoms with Crippen molar-refractivity contribution < 1.29 is 18.0 Å². The van der Waals surface area contributed by atoms with E-state index in [1.54, 1.807) is 49.4 Å². The zero-order valence-electron chi connectivity index (χ0n) is 22.2. The molecular formula is C30H34BrN3O4S. The minimum atomic E-state index is -4.07. The zero-order chi connectivity index (χ0) is 28.0. The molecule has 4 rings (SSSR count). The standard InChI is InChI=1S/C30H34BrN3O4S/c1-22-9-8-10-24(19-22)20-33(23(2)30(36)32-26-11-6-7-12-26)29(35)21-34(27-17-15-25(31)16-18-27)39(37,38)28-13-4-3-5-14-28/h3-5,8-10,13-19,23,26H,6-7,11-12,20-21H2,1-2H3,(H,32,36). The lowest BCUT2D eigenvalue weighted by Crippen LogP contribution is -2.52. The minimum absolute atomic E-state index is 0.0815. The maximum atomic E-state index is 14.0. The average molecular weight is 613 g/mol. The fourth-order valence-electron chi connectivity index (χ4n) is 4.84. The lowest BCUT2D eigenvalue weighted by atomic mass is 10.1. The van der Waals surface area contributed by atoms with Crippen molar-refractivity contribution in [3.8, 4) is 0 Å². The molecule has 1 fully saturated rings. The largest absolute Gasteiger partial charge is 0.352 e. The number of halogens is 1. The first-order chi connectivity index (χ1) is 18.6. The van der Waals surface area contributed by atoms with E-state index in [0.29, 0.717) is 5.69 Å². The monoisotopic (exact) mass is 611 g/mol. The Hall–Kier alpha value is -3.17. The Morgan fingerprint density at radius 1 is 0.974 bits per heavy atom. The predicted octanol–water partition coefficient (Wildman–Crippen LogP) is 5.43. The van der Waals surface area contributed by atoms with E-state index in [1.807, 2.05) is 31.2 Å². The van der Waals surface area contributed by atoms with E-state index >= 15 is 0 Å². The molecule has 1 N–H and O–H groups in total. The van der Waals surface area contributed by atoms with Gasteiger partial charge in [0.2, 0.25) is 11.8 Å². The van der Waals surface area contributed by atoms with Crippen LogP contribution in [0.25, 0.3) is 0 Å². The Morgan fingerprint density at radius 2 is 1.64 bits per heavy atom. The zero-order valence-corrected chi connectivity index (χ0v) is 24.6. The van der Waals surface area contributed by atoms with E-state index in [4.69, 9.17) is 0 Å². The van der Waals surface area contributed by atoms with Crippen LogP contribution in [0.2, 0.25) is 0 Å². The quantitative estimate of drug-likeness (QED) is 0.331. The highest BCUT2D eigenvalue weighted by atomic mass is 79.9. The van der Waals surface area contributed by atoms with E-state index in [-0.39, 0.29) is 23.4 Å². The van der Waals surface area contributed by atoms with Crippen LogP contribution in [0.15, 0.2) is 88.2 Å². The van der Waals surface area contributed by atoms with Crippen molar-refractivity contribution in [1.29, 1.82) is 0 Å². The first-order valence-corrected chi connectivity index (χ1v) is 15.4. The number of carbonyl (C=O) groups is 2. The van der Waals surface area contributed by atoms with E-state index in [0.717, 1.165) is 45.6 Å². The Bertz CT molecular complexity index is 1390. The number of carbonyl (C=O) groups excluding carboxylic acids is 2. The molecule has 0 bridgehead atoms. The molecule has 0 radical (unpaired) electrons. The fourth-order valence-corrected chi connectivity index (χ4v) is 6.54. The molecule has 0 aromatic heterocycles. The molecule has 0 aliphatic heterocycles. The van der Waals surface area contributed by atoms with Crippen LogP contribution in [0.5, 0.6) is 0 Å². The van der Waals surface area contributed by atoms with Crippen LogP contribution in [-0.4, -0.2) is 43.8 Å². The highest BCUT2D eigenvalue weighted by molar-refractivity contribution is 9.10. The maximum Gasteiger partial charge on any atom is 0.264 e. The summed E-state index contributed by atoms with van der Waals surface area (Å²) in [5.74, 6) is -0.697. The van der Waals surface area contributed by atoms with Gasteiger partial charge in [-0.1, -0.05) is 76.8 Å². The lowest BCUT2D eigenvalue weighted by Gasteiger charge is -2.32. The molecule has 7 nitrogen and oxygen atoms in total. The van der Waals surface area contributed by atoms with Crippen LogP contribution in [-0.2, 0) is 26.2 Å². The molecule has 2 amide bonds. The number of anilines is 1. The fraction of sp³-hybridized carbons (Fsp3) is 0.333. The third-order valence-corrected chi connectivity index (χ3v) is 9.35. The number of sulfonamides is 1. The summed E-state index contributed by atoms with van der Waals surface area (Å²) in [5.41, 5.74) is 2.25. The first kappa shape index (κ1) is 28.8. The Morgan fingerprint density at radius 3 is 2.28 bits per heavy atom. The Kier molecular flexibility index (Phi) is 9.45. The molecule has 3 aromatic rings. The summed E-state index contributed by atoms with van der Waals surface area (Å²) in [7, 11) is -4.07. The number of aryl methyl sites for hydroxylation is 1. The van der Waals surface area contributed by atoms with E-state index in [2.05, 4.69) is 21.2 Å². The van der Waals surface area contributed by atoms with Crippen molar-refractivity contribution in [3.63, 3.8) is 0 Å². The summed E-state index contributed by atoms with van der Waals surface area (Å²) < 4.78 is 29.5. The molecule has 1 aliphatic rings. The third-order valence-electron chi connectivity index (χ3n) is 7.03. The average Bonchev–Trinajstić information content (AvgIpc) is 3.44. The van der Waals surface area contributed by atoms with Crippen molar-refractivity contribution >= 4 is 43.5 Å². The highest BCUT2D eigenvalue weighted by Gasteiger charge is 2.33. The minimum Gasteiger partial charge on any atom is -0.352 e. The van der Waals surface area contributed by atoms with Crippen LogP contribution in [0.1, 0.15) is 43.7 Å². The molecule has 39 heavy (non-hydrogen) atoms. The lowest BCUT2D eigenvalue weighted by molar-refractivity contribution is -0.139. The van der Waals surface area contributed by atoms with Gasteiger partial charge in [-0.2, -0.15) is 0 Å². The highest BCUT2D eigenvalue weighted by Crippen LogP contribution is 2.26. The van der Waals surface area contributed by atoms with E-state index in [9.17, 15) is 18.0 Å². The number of hydrogen-bond acceptors (Lipinski definition) is 4. The smallest absolute Gasteiger partial charge is 0.264 e. The van der Waals surface area contributed by atoms with E-state index < -0.39 is 28.5 Å². The molecule has 1 aliphatic carbocycles. The van der Waals surface area contributed by atoms with Gasteiger partial charge in [-0.15, -0.1) is 0 Å². The van der Waals surface area contributed by atoms with Gasteiger partial charge in [-0.25, -0.2) is 8.42 Å². The SMILES string of the molecule is Cc1cccc(CN(C(=O)CN(c2ccc(Br)cc2)S(=O)(=O)c2ccccc2)C(C)C(=O)NC2CCCC2)c1. The number of nitrogens with one attached hydrogen (secondary N) is 1. The number of amides is 2. The van der Waals surface area contributed by atoms with Crippen molar-refractivity contribution in [2.45, 2.75) is 63.1 Å². The summed E-state index contributed by atoms with van der Waals surface area (Å²) in [6, 6.07) is 21.9. The second-order valence-corrected chi connectivity index (χ2v) is 12.8. The van der Waals surface area contributed by atoms with Crippen LogP contribution in [0.4, 0.5) is 5.69 Å². The van der Waals surface area contributed by atoms with Gasteiger partial charge < -0.3 is 10.2 Å². The normalized spacial score (nSPS) is 14.5. The molecule has 1 unspecified atom stereocenters. The molecule has 206 valence electrons. The molecule has 1 saturated carbocycles. The van der Waals surface area contributed by atoms with Crippen LogP contribution < -0.4 is 9.62 Å². The van der Waals surface area contributed by atoms with Gasteiger partial charge in [0.1, 0.15) is 12.6 Å². The van der Waals surface area contributed by atoms with Gasteiger partial charge >= 0.3 is 0 Å². The van der Waals surface area contributed by atoms with Crippen molar-refractivity contribution in [1.82, 2.24) is 10.2 Å². The van der Waals surface area contributed by atoms with Gasteiger partial charge in [0.25, 0.3) is 10.0 Å². The van der Waals surface area contributed by atoms with Gasteiger partial charge in [-0.05, 0) is 68.7 Å². The summed E-state index contributed by atoms with van der Waals surface area (Å²) in [6.45, 7) is 3.40. The number of hydrogen-bond donors (Lipinski definition) is 1. The molecular weight excluding hydrogens is 578 g/mol.